The zero-order chi connectivity index (χ0) is 17.2. The molecule has 0 bridgehead atoms. The first-order chi connectivity index (χ1) is 11.1. The van der Waals surface area contributed by atoms with E-state index in [1.807, 2.05) is 0 Å². The number of nitrogens with two attached hydrogens (primary N) is 1. The van der Waals surface area contributed by atoms with Crippen LogP contribution in [0.5, 0.6) is 0 Å². The molecule has 148 valence electrons. The Bertz CT molecular complexity index is 223. The summed E-state index contributed by atoms with van der Waals surface area (Å²) >= 11 is 0. The van der Waals surface area contributed by atoms with Crippen LogP contribution in [0.2, 0.25) is 0 Å². The lowest BCUT2D eigenvalue weighted by atomic mass is 9.89. The van der Waals surface area contributed by atoms with Gasteiger partial charge >= 0.3 is 0 Å². The molecule has 0 unspecified atom stereocenters. The highest BCUT2D eigenvalue weighted by atomic mass is 16.0. The predicted molar refractivity (Wildman–Crippen MR) is 108 cm³/mol. The van der Waals surface area contributed by atoms with E-state index in [0.717, 1.165) is 0 Å². The fraction of sp³-hybridized carbons (Fsp3) is 1.00. The van der Waals surface area contributed by atoms with Crippen molar-refractivity contribution < 1.29 is 10.8 Å². The molecule has 0 aliphatic heterocycles. The molecule has 0 saturated carbocycles. The molecule has 0 rings (SSSR count). The SMILES string of the molecule is CCCCCCCCC[NH2+]CCCCCCCCCC(C)(C)C.[OH-]. The van der Waals surface area contributed by atoms with Crippen LogP contribution in [-0.4, -0.2) is 18.6 Å². The third kappa shape index (κ3) is 24.2. The number of rotatable bonds is 17. The maximum atomic E-state index is 2.55. The highest BCUT2D eigenvalue weighted by Gasteiger charge is 2.08. The van der Waals surface area contributed by atoms with Gasteiger partial charge in [-0.15, -0.1) is 0 Å². The third-order valence-electron chi connectivity index (χ3n) is 4.85. The maximum absolute atomic E-state index is 2.55. The molecule has 0 amide bonds. The summed E-state index contributed by atoms with van der Waals surface area (Å²) in [5.74, 6) is 0. The molecule has 2 nitrogen and oxygen atoms in total. The van der Waals surface area contributed by atoms with Crippen molar-refractivity contribution in [1.82, 2.24) is 0 Å². The van der Waals surface area contributed by atoms with E-state index < -0.39 is 0 Å². The van der Waals surface area contributed by atoms with Gasteiger partial charge in [-0.25, -0.2) is 0 Å². The minimum Gasteiger partial charge on any atom is -0.870 e. The second-order valence-corrected chi connectivity index (χ2v) is 8.77. The minimum absolute atomic E-state index is 0. The first-order valence-corrected chi connectivity index (χ1v) is 10.9. The molecular formula is C22H49NO. The Balaban J connectivity index is 0. The van der Waals surface area contributed by atoms with E-state index in [1.165, 1.54) is 109 Å². The molecule has 0 aromatic carbocycles. The van der Waals surface area contributed by atoms with Crippen molar-refractivity contribution in [3.8, 4) is 0 Å². The third-order valence-corrected chi connectivity index (χ3v) is 4.85. The van der Waals surface area contributed by atoms with Crippen LogP contribution in [0.15, 0.2) is 0 Å². The number of quaternary nitrogens is 1. The molecule has 0 spiro atoms. The van der Waals surface area contributed by atoms with Crippen LogP contribution in [0.4, 0.5) is 0 Å². The Morgan fingerprint density at radius 2 is 0.917 bits per heavy atom. The van der Waals surface area contributed by atoms with Crippen molar-refractivity contribution >= 4 is 0 Å². The largest absolute Gasteiger partial charge is 0.870 e. The summed E-state index contributed by atoms with van der Waals surface area (Å²) in [4.78, 5) is 0. The molecular weight excluding hydrogens is 294 g/mol. The Labute approximate surface area is 153 Å². The molecule has 0 saturated heterocycles. The summed E-state index contributed by atoms with van der Waals surface area (Å²) in [5.41, 5.74) is 0.533. The van der Waals surface area contributed by atoms with Crippen molar-refractivity contribution in [2.24, 2.45) is 5.41 Å². The highest BCUT2D eigenvalue weighted by molar-refractivity contribution is 4.61. The fourth-order valence-corrected chi connectivity index (χ4v) is 3.22. The first-order valence-electron chi connectivity index (χ1n) is 10.9. The second kappa shape index (κ2) is 19.2. The van der Waals surface area contributed by atoms with Gasteiger partial charge in [0.05, 0.1) is 13.1 Å². The normalized spacial score (nSPS) is 11.5. The molecule has 0 radical (unpaired) electrons. The van der Waals surface area contributed by atoms with Crippen LogP contribution in [0.25, 0.3) is 0 Å². The summed E-state index contributed by atoms with van der Waals surface area (Å²) in [6.07, 6.45) is 21.6. The Hall–Kier alpha value is -0.0800. The predicted octanol–water partition coefficient (Wildman–Crippen LogP) is 6.29. The van der Waals surface area contributed by atoms with Crippen molar-refractivity contribution in [3.05, 3.63) is 0 Å². The average molecular weight is 344 g/mol. The molecule has 24 heavy (non-hydrogen) atoms. The zero-order valence-electron chi connectivity index (χ0n) is 17.5. The van der Waals surface area contributed by atoms with Gasteiger partial charge in [-0.05, 0) is 37.5 Å². The lowest BCUT2D eigenvalue weighted by Gasteiger charge is -2.17. The van der Waals surface area contributed by atoms with Gasteiger partial charge in [-0.1, -0.05) is 91.9 Å². The van der Waals surface area contributed by atoms with Crippen LogP contribution in [-0.2, 0) is 0 Å². The molecule has 0 aromatic rings. The first kappa shape index (κ1) is 26.2. The summed E-state index contributed by atoms with van der Waals surface area (Å²) in [6, 6.07) is 0. The molecule has 0 aromatic heterocycles. The number of unbranched alkanes of at least 4 members (excludes halogenated alkanes) is 12. The minimum atomic E-state index is 0. The Kier molecular flexibility index (Phi) is 21.0. The summed E-state index contributed by atoms with van der Waals surface area (Å²) in [5, 5.41) is 2.55. The van der Waals surface area contributed by atoms with E-state index in [-0.39, 0.29) is 5.48 Å². The summed E-state index contributed by atoms with van der Waals surface area (Å²) in [6.45, 7) is 12.1. The Morgan fingerprint density at radius 3 is 1.33 bits per heavy atom. The molecule has 2 heteroatoms. The van der Waals surface area contributed by atoms with Crippen molar-refractivity contribution in [2.75, 3.05) is 13.1 Å². The molecule has 0 atom stereocenters. The molecule has 0 heterocycles. The van der Waals surface area contributed by atoms with Crippen LogP contribution >= 0.6 is 0 Å². The molecule has 3 N–H and O–H groups in total. The lowest BCUT2D eigenvalue weighted by molar-refractivity contribution is -0.655. The van der Waals surface area contributed by atoms with Crippen molar-refractivity contribution in [3.63, 3.8) is 0 Å². The van der Waals surface area contributed by atoms with Crippen molar-refractivity contribution in [2.45, 2.75) is 124 Å². The van der Waals surface area contributed by atoms with Gasteiger partial charge in [-0.3, -0.25) is 0 Å². The number of hydrogen-bond acceptors (Lipinski definition) is 1. The molecule has 0 aliphatic carbocycles. The monoisotopic (exact) mass is 343 g/mol. The van der Waals surface area contributed by atoms with E-state index in [9.17, 15) is 0 Å². The van der Waals surface area contributed by atoms with E-state index in [2.05, 4.69) is 33.0 Å². The standard InChI is InChI=1S/C22H47N.H2O/c1-5-6-7-8-11-14-17-20-23-21-18-15-12-9-10-13-16-19-22(2,3)4;/h23H,5-21H2,1-4H3;1H2. The van der Waals surface area contributed by atoms with Crippen molar-refractivity contribution in [1.29, 1.82) is 0 Å². The van der Waals surface area contributed by atoms with Crippen LogP contribution in [0.3, 0.4) is 0 Å². The summed E-state index contributed by atoms with van der Waals surface area (Å²) < 4.78 is 0. The molecule has 0 fully saturated rings. The van der Waals surface area contributed by atoms with E-state index in [1.54, 1.807) is 0 Å². The van der Waals surface area contributed by atoms with Crippen LogP contribution in [0, 0.1) is 5.41 Å². The maximum Gasteiger partial charge on any atom is 0.0755 e. The summed E-state index contributed by atoms with van der Waals surface area (Å²) in [7, 11) is 0. The van der Waals surface area contributed by atoms with E-state index in [4.69, 9.17) is 0 Å². The van der Waals surface area contributed by atoms with E-state index in [0.29, 0.717) is 5.41 Å². The second-order valence-electron chi connectivity index (χ2n) is 8.77. The van der Waals surface area contributed by atoms with Crippen LogP contribution in [0.1, 0.15) is 124 Å². The Morgan fingerprint density at radius 1 is 0.542 bits per heavy atom. The van der Waals surface area contributed by atoms with Crippen LogP contribution < -0.4 is 5.32 Å². The molecule has 0 aliphatic rings. The van der Waals surface area contributed by atoms with Gasteiger partial charge in [0.1, 0.15) is 0 Å². The van der Waals surface area contributed by atoms with Gasteiger partial charge < -0.3 is 10.8 Å². The number of hydrogen-bond donors (Lipinski definition) is 1. The van der Waals surface area contributed by atoms with Gasteiger partial charge in [0.25, 0.3) is 0 Å². The topological polar surface area (TPSA) is 46.6 Å². The zero-order valence-corrected chi connectivity index (χ0v) is 17.5. The van der Waals surface area contributed by atoms with Gasteiger partial charge in [-0.2, -0.15) is 0 Å². The smallest absolute Gasteiger partial charge is 0.0755 e. The van der Waals surface area contributed by atoms with Gasteiger partial charge in [0.15, 0.2) is 0 Å². The highest BCUT2D eigenvalue weighted by Crippen LogP contribution is 2.22. The fourth-order valence-electron chi connectivity index (χ4n) is 3.22. The van der Waals surface area contributed by atoms with Gasteiger partial charge in [0.2, 0.25) is 0 Å². The lowest BCUT2D eigenvalue weighted by Crippen LogP contribution is -2.84. The van der Waals surface area contributed by atoms with E-state index >= 15 is 0 Å². The average Bonchev–Trinajstić information content (AvgIpc) is 2.49. The van der Waals surface area contributed by atoms with Gasteiger partial charge in [0, 0.05) is 0 Å². The quantitative estimate of drug-likeness (QED) is 0.310.